The minimum atomic E-state index is -0.366. The highest BCUT2D eigenvalue weighted by Gasteiger charge is 2.16. The van der Waals surface area contributed by atoms with Crippen molar-refractivity contribution in [2.45, 2.75) is 20.8 Å². The van der Waals surface area contributed by atoms with Gasteiger partial charge in [-0.15, -0.1) is 0 Å². The van der Waals surface area contributed by atoms with Crippen LogP contribution in [0.5, 0.6) is 0 Å². The summed E-state index contributed by atoms with van der Waals surface area (Å²) in [6.45, 7) is 5.79. The van der Waals surface area contributed by atoms with E-state index in [1.165, 1.54) is 0 Å². The van der Waals surface area contributed by atoms with Crippen molar-refractivity contribution in [2.75, 3.05) is 5.32 Å². The van der Waals surface area contributed by atoms with E-state index in [4.69, 9.17) is 11.6 Å². The number of benzene rings is 1. The van der Waals surface area contributed by atoms with Gasteiger partial charge in [-0.2, -0.15) is 5.10 Å². The van der Waals surface area contributed by atoms with Crippen molar-refractivity contribution in [1.82, 2.24) is 14.8 Å². The van der Waals surface area contributed by atoms with Crippen LogP contribution in [0.2, 0.25) is 5.02 Å². The quantitative estimate of drug-likeness (QED) is 0.659. The summed E-state index contributed by atoms with van der Waals surface area (Å²) in [5, 5.41) is 7.51. The normalized spacial score (nSPS) is 10.8. The number of rotatable bonds is 3. The smallest absolute Gasteiger partial charge is 0.275 e. The first-order valence-electron chi connectivity index (χ1n) is 7.63. The van der Waals surface area contributed by atoms with Gasteiger partial charge in [-0.05, 0) is 62.7 Å². The molecule has 25 heavy (non-hydrogen) atoms. The van der Waals surface area contributed by atoms with Gasteiger partial charge in [0, 0.05) is 15.9 Å². The van der Waals surface area contributed by atoms with Gasteiger partial charge >= 0.3 is 0 Å². The number of hydrogen-bond acceptors (Lipinski definition) is 3. The Labute approximate surface area is 159 Å². The van der Waals surface area contributed by atoms with Crippen LogP contribution in [0.3, 0.4) is 0 Å². The lowest BCUT2D eigenvalue weighted by molar-refractivity contribution is 0.102. The maximum Gasteiger partial charge on any atom is 0.275 e. The van der Waals surface area contributed by atoms with Crippen LogP contribution in [-0.4, -0.2) is 20.7 Å². The molecule has 2 aromatic heterocycles. The third-order valence-corrected chi connectivity index (χ3v) is 4.88. The first-order chi connectivity index (χ1) is 11.8. The van der Waals surface area contributed by atoms with Crippen molar-refractivity contribution < 1.29 is 4.79 Å². The zero-order valence-electron chi connectivity index (χ0n) is 14.0. The summed E-state index contributed by atoms with van der Waals surface area (Å²) >= 11 is 9.63. The van der Waals surface area contributed by atoms with E-state index in [9.17, 15) is 4.79 Å². The molecule has 0 bridgehead atoms. The number of carbonyl (C=O) groups excluding carboxylic acids is 1. The van der Waals surface area contributed by atoms with Crippen LogP contribution in [0.1, 0.15) is 27.4 Å². The Balaban J connectivity index is 1.93. The fraction of sp³-hybridized carbons (Fsp3) is 0.167. The zero-order valence-corrected chi connectivity index (χ0v) is 16.3. The fourth-order valence-electron chi connectivity index (χ4n) is 2.48. The van der Waals surface area contributed by atoms with Crippen molar-refractivity contribution in [3.8, 4) is 5.82 Å². The third kappa shape index (κ3) is 3.75. The molecule has 0 atom stereocenters. The number of nitrogens with one attached hydrogen (secondary N) is 1. The Morgan fingerprint density at radius 1 is 1.16 bits per heavy atom. The standard InChI is InChI=1S/C18H16BrClN4O/c1-10-8-13(4-5-14(10)19)21-18(25)17-15(20)6-7-16(22-17)24-12(3)9-11(2)23-24/h4-9H,1-3H3,(H,21,25). The maximum atomic E-state index is 12.6. The fourth-order valence-corrected chi connectivity index (χ4v) is 2.92. The number of aromatic nitrogens is 3. The molecule has 0 saturated carbocycles. The Morgan fingerprint density at radius 3 is 2.56 bits per heavy atom. The Morgan fingerprint density at radius 2 is 1.92 bits per heavy atom. The Hall–Kier alpha value is -2.18. The molecular weight excluding hydrogens is 404 g/mol. The van der Waals surface area contributed by atoms with E-state index in [1.807, 2.05) is 45.0 Å². The maximum absolute atomic E-state index is 12.6. The molecule has 3 rings (SSSR count). The van der Waals surface area contributed by atoms with Crippen LogP contribution in [0.4, 0.5) is 5.69 Å². The second kappa shape index (κ2) is 6.98. The molecule has 1 aromatic carbocycles. The van der Waals surface area contributed by atoms with E-state index >= 15 is 0 Å². The highest BCUT2D eigenvalue weighted by Crippen LogP contribution is 2.22. The monoisotopic (exact) mass is 418 g/mol. The molecule has 5 nitrogen and oxygen atoms in total. The largest absolute Gasteiger partial charge is 0.321 e. The number of anilines is 1. The highest BCUT2D eigenvalue weighted by molar-refractivity contribution is 9.10. The van der Waals surface area contributed by atoms with Crippen molar-refractivity contribution >= 4 is 39.1 Å². The zero-order chi connectivity index (χ0) is 18.1. The molecular formula is C18H16BrClN4O. The van der Waals surface area contributed by atoms with E-state index in [0.29, 0.717) is 11.5 Å². The lowest BCUT2D eigenvalue weighted by Gasteiger charge is -2.10. The van der Waals surface area contributed by atoms with Crippen LogP contribution >= 0.6 is 27.5 Å². The molecule has 0 aliphatic rings. The average Bonchev–Trinajstić information content (AvgIpc) is 2.90. The molecule has 0 radical (unpaired) electrons. The molecule has 0 spiro atoms. The molecule has 7 heteroatoms. The first-order valence-corrected chi connectivity index (χ1v) is 8.80. The van der Waals surface area contributed by atoms with Gasteiger partial charge in [0.15, 0.2) is 5.82 Å². The summed E-state index contributed by atoms with van der Waals surface area (Å²) in [7, 11) is 0. The summed E-state index contributed by atoms with van der Waals surface area (Å²) < 4.78 is 2.67. The van der Waals surface area contributed by atoms with E-state index in [-0.39, 0.29) is 16.6 Å². The average molecular weight is 420 g/mol. The number of nitrogens with zero attached hydrogens (tertiary/aromatic N) is 3. The number of aryl methyl sites for hydroxylation is 3. The van der Waals surface area contributed by atoms with Gasteiger partial charge in [-0.25, -0.2) is 9.67 Å². The Bertz CT molecular complexity index is 968. The molecule has 0 unspecified atom stereocenters. The van der Waals surface area contributed by atoms with Gasteiger partial charge in [0.2, 0.25) is 0 Å². The number of hydrogen-bond donors (Lipinski definition) is 1. The van der Waals surface area contributed by atoms with Crippen LogP contribution in [0.15, 0.2) is 40.9 Å². The van der Waals surface area contributed by atoms with Gasteiger partial charge in [0.25, 0.3) is 5.91 Å². The van der Waals surface area contributed by atoms with Gasteiger partial charge in [0.1, 0.15) is 5.69 Å². The molecule has 1 amide bonds. The minimum absolute atomic E-state index is 0.160. The molecule has 0 fully saturated rings. The first kappa shape index (κ1) is 17.6. The predicted molar refractivity (Wildman–Crippen MR) is 103 cm³/mol. The lowest BCUT2D eigenvalue weighted by Crippen LogP contribution is -2.16. The van der Waals surface area contributed by atoms with Gasteiger partial charge < -0.3 is 5.32 Å². The summed E-state index contributed by atoms with van der Waals surface area (Å²) in [5.41, 5.74) is 3.67. The summed E-state index contributed by atoms with van der Waals surface area (Å²) in [5.74, 6) is 0.183. The SMILES string of the molecule is Cc1cc(C)n(-c2ccc(Cl)c(C(=O)Nc3ccc(Br)c(C)c3)n2)n1. The molecule has 0 saturated heterocycles. The van der Waals surface area contributed by atoms with Gasteiger partial charge in [-0.1, -0.05) is 27.5 Å². The second-order valence-corrected chi connectivity index (χ2v) is 7.02. The summed E-state index contributed by atoms with van der Waals surface area (Å²) in [6, 6.07) is 10.9. The molecule has 3 aromatic rings. The molecule has 128 valence electrons. The number of halogens is 2. The van der Waals surface area contributed by atoms with Crippen LogP contribution in [0.25, 0.3) is 5.82 Å². The summed E-state index contributed by atoms with van der Waals surface area (Å²) in [6.07, 6.45) is 0. The number of pyridine rings is 1. The predicted octanol–water partition coefficient (Wildman–Crippen LogP) is 4.86. The number of carbonyl (C=O) groups is 1. The molecule has 1 N–H and O–H groups in total. The van der Waals surface area contributed by atoms with Gasteiger partial charge in [-0.3, -0.25) is 4.79 Å². The topological polar surface area (TPSA) is 59.8 Å². The van der Waals surface area contributed by atoms with Crippen molar-refractivity contribution in [3.05, 3.63) is 68.5 Å². The van der Waals surface area contributed by atoms with E-state index in [1.54, 1.807) is 16.8 Å². The van der Waals surface area contributed by atoms with Crippen molar-refractivity contribution in [2.24, 2.45) is 0 Å². The van der Waals surface area contributed by atoms with E-state index < -0.39 is 0 Å². The second-order valence-electron chi connectivity index (χ2n) is 5.76. The molecule has 2 heterocycles. The minimum Gasteiger partial charge on any atom is -0.321 e. The molecule has 0 aliphatic carbocycles. The highest BCUT2D eigenvalue weighted by atomic mass is 79.9. The van der Waals surface area contributed by atoms with Crippen LogP contribution < -0.4 is 5.32 Å². The van der Waals surface area contributed by atoms with Crippen LogP contribution in [-0.2, 0) is 0 Å². The van der Waals surface area contributed by atoms with E-state index in [0.717, 1.165) is 21.4 Å². The van der Waals surface area contributed by atoms with Crippen LogP contribution in [0, 0.1) is 20.8 Å². The van der Waals surface area contributed by atoms with Crippen molar-refractivity contribution in [3.63, 3.8) is 0 Å². The summed E-state index contributed by atoms with van der Waals surface area (Å²) in [4.78, 5) is 17.0. The van der Waals surface area contributed by atoms with E-state index in [2.05, 4.69) is 31.3 Å². The van der Waals surface area contributed by atoms with Gasteiger partial charge in [0.05, 0.1) is 10.7 Å². The molecule has 0 aliphatic heterocycles. The Kier molecular flexibility index (Phi) is 4.92. The number of amides is 1. The third-order valence-electron chi connectivity index (χ3n) is 3.69. The lowest BCUT2D eigenvalue weighted by atomic mass is 10.2. The van der Waals surface area contributed by atoms with Crippen molar-refractivity contribution in [1.29, 1.82) is 0 Å².